The Morgan fingerprint density at radius 1 is 0.968 bits per heavy atom. The molecule has 1 heteroatoms. The van der Waals surface area contributed by atoms with E-state index in [1.807, 2.05) is 0 Å². The third-order valence-corrected chi connectivity index (χ3v) is 11.3. The lowest BCUT2D eigenvalue weighted by molar-refractivity contribution is -0.152. The number of fused-ring (bicyclic) bond motifs is 5. The topological polar surface area (TPSA) is 20.2 Å². The molecule has 0 aromatic heterocycles. The van der Waals surface area contributed by atoms with Gasteiger partial charge in [0.05, 0.1) is 6.10 Å². The van der Waals surface area contributed by atoms with Crippen molar-refractivity contribution in [2.24, 2.45) is 52.3 Å². The van der Waals surface area contributed by atoms with Gasteiger partial charge in [0.25, 0.3) is 0 Å². The van der Waals surface area contributed by atoms with Crippen molar-refractivity contribution in [3.05, 3.63) is 24.3 Å². The fourth-order valence-corrected chi connectivity index (χ4v) is 9.83. The molecule has 4 saturated carbocycles. The Bertz CT molecular complexity index is 674. The van der Waals surface area contributed by atoms with Gasteiger partial charge in [-0.3, -0.25) is 0 Å². The number of rotatable bonds is 6. The average Bonchev–Trinajstić information content (AvgIpc) is 3.07. The van der Waals surface area contributed by atoms with Crippen LogP contribution in [-0.2, 0) is 0 Å². The zero-order chi connectivity index (χ0) is 22.4. The van der Waals surface area contributed by atoms with Gasteiger partial charge in [0, 0.05) is 0 Å². The van der Waals surface area contributed by atoms with E-state index in [2.05, 4.69) is 53.3 Å². The van der Waals surface area contributed by atoms with Gasteiger partial charge in [-0.15, -0.1) is 6.58 Å². The standard InChI is InChI=1S/C30H50O/c1-7-9-23-26-13-12-22-25-15-14-24(21(4)11-8-10-20(2)3)29(25,5)18-16-27(22)30(26,6)19-17-28(23)31/h7,10,21-28,31H,1,8-9,11-19H2,2-6H3/t21-,22+,23+,24-,25+,26+,27+,28-,29-,30+/m1/s1. The maximum absolute atomic E-state index is 10.8. The molecule has 0 saturated heterocycles. The summed E-state index contributed by atoms with van der Waals surface area (Å²) in [4.78, 5) is 0. The number of aliphatic hydroxyl groups is 1. The average molecular weight is 427 g/mol. The van der Waals surface area contributed by atoms with Gasteiger partial charge < -0.3 is 5.11 Å². The van der Waals surface area contributed by atoms with E-state index in [0.717, 1.165) is 42.4 Å². The quantitative estimate of drug-likeness (QED) is 0.424. The first-order chi connectivity index (χ1) is 14.7. The summed E-state index contributed by atoms with van der Waals surface area (Å²) in [6, 6.07) is 0. The van der Waals surface area contributed by atoms with Gasteiger partial charge in [-0.2, -0.15) is 0 Å². The van der Waals surface area contributed by atoms with Gasteiger partial charge in [-0.05, 0) is 137 Å². The van der Waals surface area contributed by atoms with Crippen molar-refractivity contribution < 1.29 is 5.11 Å². The molecular weight excluding hydrogens is 376 g/mol. The Morgan fingerprint density at radius 3 is 2.35 bits per heavy atom. The molecule has 1 nitrogen and oxygen atoms in total. The molecule has 0 amide bonds. The molecule has 0 unspecified atom stereocenters. The summed E-state index contributed by atoms with van der Waals surface area (Å²) in [5.74, 6) is 5.73. The molecule has 0 heterocycles. The van der Waals surface area contributed by atoms with Crippen molar-refractivity contribution in [2.75, 3.05) is 0 Å². The third-order valence-electron chi connectivity index (χ3n) is 11.3. The molecule has 0 spiro atoms. The molecule has 176 valence electrons. The summed E-state index contributed by atoms with van der Waals surface area (Å²) in [7, 11) is 0. The van der Waals surface area contributed by atoms with Crippen LogP contribution < -0.4 is 0 Å². The molecule has 4 aliphatic carbocycles. The molecule has 0 aliphatic heterocycles. The molecule has 31 heavy (non-hydrogen) atoms. The molecule has 0 aromatic carbocycles. The zero-order valence-corrected chi connectivity index (χ0v) is 21.2. The molecule has 4 fully saturated rings. The Hall–Kier alpha value is -0.560. The molecule has 10 atom stereocenters. The largest absolute Gasteiger partial charge is 0.393 e. The summed E-state index contributed by atoms with van der Waals surface area (Å²) < 4.78 is 0. The summed E-state index contributed by atoms with van der Waals surface area (Å²) in [5, 5.41) is 10.8. The summed E-state index contributed by atoms with van der Waals surface area (Å²) in [6.07, 6.45) is 18.9. The van der Waals surface area contributed by atoms with E-state index in [4.69, 9.17) is 0 Å². The lowest BCUT2D eigenvalue weighted by Gasteiger charge is -2.62. The third kappa shape index (κ3) is 4.00. The van der Waals surface area contributed by atoms with Crippen LogP contribution in [0.5, 0.6) is 0 Å². The van der Waals surface area contributed by atoms with Crippen molar-refractivity contribution >= 4 is 0 Å². The molecule has 1 N–H and O–H groups in total. The van der Waals surface area contributed by atoms with Gasteiger partial charge in [0.15, 0.2) is 0 Å². The smallest absolute Gasteiger partial charge is 0.0574 e. The minimum Gasteiger partial charge on any atom is -0.393 e. The van der Waals surface area contributed by atoms with Gasteiger partial charge in [-0.25, -0.2) is 0 Å². The zero-order valence-electron chi connectivity index (χ0n) is 21.2. The SMILES string of the molecule is C=CC[C@@H]1[C@H](O)CC[C@@]2(C)[C@H]1CC[C@@H]1[C@@H]2CC[C@]2(C)[C@@H]([C@H](C)CCC=C(C)C)CC[C@@H]12. The van der Waals surface area contributed by atoms with E-state index in [-0.39, 0.29) is 6.10 Å². The van der Waals surface area contributed by atoms with Crippen molar-refractivity contribution in [3.63, 3.8) is 0 Å². The van der Waals surface area contributed by atoms with Crippen LogP contribution in [0.3, 0.4) is 0 Å². The molecule has 0 aromatic rings. The lowest BCUT2D eigenvalue weighted by Crippen LogP contribution is -2.56. The Labute approximate surface area is 193 Å². The monoisotopic (exact) mass is 426 g/mol. The minimum absolute atomic E-state index is 0.0981. The van der Waals surface area contributed by atoms with Crippen LogP contribution in [0.2, 0.25) is 0 Å². The maximum atomic E-state index is 10.8. The second-order valence-corrected chi connectivity index (χ2v) is 12.9. The molecule has 4 aliphatic rings. The summed E-state index contributed by atoms with van der Waals surface area (Å²) in [6.45, 7) is 16.4. The highest BCUT2D eigenvalue weighted by atomic mass is 16.3. The molecule has 0 bridgehead atoms. The minimum atomic E-state index is -0.0981. The highest BCUT2D eigenvalue weighted by Crippen LogP contribution is 2.69. The van der Waals surface area contributed by atoms with Gasteiger partial charge in [-0.1, -0.05) is 38.5 Å². The van der Waals surface area contributed by atoms with Crippen LogP contribution in [-0.4, -0.2) is 11.2 Å². The fraction of sp³-hybridized carbons (Fsp3) is 0.867. The van der Waals surface area contributed by atoms with Crippen molar-refractivity contribution in [2.45, 2.75) is 111 Å². The van der Waals surface area contributed by atoms with Crippen molar-refractivity contribution in [1.82, 2.24) is 0 Å². The first-order valence-corrected chi connectivity index (χ1v) is 13.6. The van der Waals surface area contributed by atoms with Crippen LogP contribution >= 0.6 is 0 Å². The molecule has 0 radical (unpaired) electrons. The Morgan fingerprint density at radius 2 is 1.65 bits per heavy atom. The Balaban J connectivity index is 1.51. The maximum Gasteiger partial charge on any atom is 0.0574 e. The van der Waals surface area contributed by atoms with E-state index in [1.165, 1.54) is 63.4 Å². The van der Waals surface area contributed by atoms with Gasteiger partial charge >= 0.3 is 0 Å². The second kappa shape index (κ2) is 9.00. The number of hydrogen-bond donors (Lipinski definition) is 1. The van der Waals surface area contributed by atoms with Crippen LogP contribution in [0.15, 0.2) is 24.3 Å². The van der Waals surface area contributed by atoms with Crippen LogP contribution in [0.1, 0.15) is 105 Å². The van der Waals surface area contributed by atoms with Crippen LogP contribution in [0.25, 0.3) is 0 Å². The first-order valence-electron chi connectivity index (χ1n) is 13.6. The van der Waals surface area contributed by atoms with E-state index in [9.17, 15) is 5.11 Å². The number of aliphatic hydroxyl groups excluding tert-OH is 1. The lowest BCUT2D eigenvalue weighted by atomic mass is 9.43. The Kier molecular flexibility index (Phi) is 6.85. The number of hydrogen-bond acceptors (Lipinski definition) is 1. The summed E-state index contributed by atoms with van der Waals surface area (Å²) >= 11 is 0. The first kappa shape index (κ1) is 23.6. The van der Waals surface area contributed by atoms with E-state index >= 15 is 0 Å². The van der Waals surface area contributed by atoms with E-state index < -0.39 is 0 Å². The molecular formula is C30H50O. The van der Waals surface area contributed by atoms with Gasteiger partial charge in [0.2, 0.25) is 0 Å². The predicted molar refractivity (Wildman–Crippen MR) is 133 cm³/mol. The fourth-order valence-electron chi connectivity index (χ4n) is 9.83. The van der Waals surface area contributed by atoms with E-state index in [1.54, 1.807) is 0 Å². The highest BCUT2D eigenvalue weighted by molar-refractivity contribution is 5.11. The molecule has 4 rings (SSSR count). The summed E-state index contributed by atoms with van der Waals surface area (Å²) in [5.41, 5.74) is 2.49. The van der Waals surface area contributed by atoms with Crippen molar-refractivity contribution in [3.8, 4) is 0 Å². The second-order valence-electron chi connectivity index (χ2n) is 12.9. The highest BCUT2D eigenvalue weighted by Gasteiger charge is 2.61. The van der Waals surface area contributed by atoms with Crippen molar-refractivity contribution in [1.29, 1.82) is 0 Å². The van der Waals surface area contributed by atoms with Crippen LogP contribution in [0.4, 0.5) is 0 Å². The predicted octanol–water partition coefficient (Wildman–Crippen LogP) is 8.19. The normalized spacial score (nSPS) is 47.6. The van der Waals surface area contributed by atoms with Crippen LogP contribution in [0, 0.1) is 52.3 Å². The van der Waals surface area contributed by atoms with Gasteiger partial charge in [0.1, 0.15) is 0 Å². The van der Waals surface area contributed by atoms with E-state index in [0.29, 0.717) is 22.7 Å². The number of allylic oxidation sites excluding steroid dienone is 3.